The van der Waals surface area contributed by atoms with Crippen LogP contribution in [0.15, 0.2) is 36.1 Å². The zero-order valence-electron chi connectivity index (χ0n) is 20.6. The minimum atomic E-state index is -0.439. The standard InChI is InChI=1S/C25H24Cl2N6O4S/c1-35-16-9-17(36-2)20(27)22(19(16)26)32-25(34)15-12-38-23-21(15)29-13-30-24(23)31-18-4-3-14(10-28-18)11-33-5-7-37-8-6-33/h3-4,9-10,12-13H,5-8,11H2,1-2H3,(H,32,34)(H,28,29,30,31). The number of fused-ring (bicyclic) bond motifs is 1. The molecule has 0 spiro atoms. The quantitative estimate of drug-likeness (QED) is 0.292. The Bertz CT molecular complexity index is 1430. The lowest BCUT2D eigenvalue weighted by atomic mass is 10.2. The fourth-order valence-corrected chi connectivity index (χ4v) is 5.55. The molecule has 1 aliphatic heterocycles. The number of pyridine rings is 1. The van der Waals surface area contributed by atoms with Gasteiger partial charge in [-0.3, -0.25) is 9.69 Å². The first-order chi connectivity index (χ1) is 18.5. The van der Waals surface area contributed by atoms with E-state index in [0.717, 1.165) is 38.4 Å². The van der Waals surface area contributed by atoms with Gasteiger partial charge in [-0.1, -0.05) is 29.3 Å². The Hall–Kier alpha value is -3.22. The first-order valence-corrected chi connectivity index (χ1v) is 13.3. The molecule has 13 heteroatoms. The molecule has 1 aliphatic rings. The summed E-state index contributed by atoms with van der Waals surface area (Å²) in [5, 5.41) is 8.03. The van der Waals surface area contributed by atoms with Gasteiger partial charge in [-0.15, -0.1) is 11.3 Å². The normalized spacial score (nSPS) is 13.9. The van der Waals surface area contributed by atoms with Crippen LogP contribution in [0.1, 0.15) is 15.9 Å². The first-order valence-electron chi connectivity index (χ1n) is 11.6. The number of carbonyl (C=O) groups is 1. The van der Waals surface area contributed by atoms with E-state index >= 15 is 0 Å². The zero-order chi connectivity index (χ0) is 26.6. The minimum absolute atomic E-state index is 0.159. The average Bonchev–Trinajstić information content (AvgIpc) is 3.38. The second kappa shape index (κ2) is 11.7. The topological polar surface area (TPSA) is 111 Å². The fraction of sp³-hybridized carbons (Fsp3) is 0.280. The maximum atomic E-state index is 13.3. The van der Waals surface area contributed by atoms with Crippen molar-refractivity contribution in [2.75, 3.05) is 51.2 Å². The summed E-state index contributed by atoms with van der Waals surface area (Å²) < 4.78 is 16.7. The van der Waals surface area contributed by atoms with Gasteiger partial charge in [0, 0.05) is 37.3 Å². The molecule has 0 unspecified atom stereocenters. The highest BCUT2D eigenvalue weighted by Gasteiger charge is 2.22. The number of aromatic nitrogens is 3. The number of benzene rings is 1. The second-order valence-corrected chi connectivity index (χ2v) is 9.99. The number of thiophene rings is 1. The van der Waals surface area contributed by atoms with Gasteiger partial charge in [-0.05, 0) is 11.6 Å². The van der Waals surface area contributed by atoms with Gasteiger partial charge in [-0.2, -0.15) is 0 Å². The van der Waals surface area contributed by atoms with Crippen molar-refractivity contribution >= 4 is 68.0 Å². The summed E-state index contributed by atoms with van der Waals surface area (Å²) in [6, 6.07) is 5.49. The molecule has 0 atom stereocenters. The Morgan fingerprint density at radius 3 is 2.50 bits per heavy atom. The van der Waals surface area contributed by atoms with E-state index in [1.54, 1.807) is 11.4 Å². The fourth-order valence-electron chi connectivity index (χ4n) is 4.01. The van der Waals surface area contributed by atoms with Gasteiger partial charge in [0.2, 0.25) is 0 Å². The van der Waals surface area contributed by atoms with Crippen molar-refractivity contribution in [1.29, 1.82) is 0 Å². The number of amides is 1. The molecule has 4 aromatic rings. The summed E-state index contributed by atoms with van der Waals surface area (Å²) in [4.78, 5) is 28.8. The number of rotatable bonds is 8. The molecule has 1 amide bonds. The molecular weight excluding hydrogens is 551 g/mol. The number of anilines is 3. The smallest absolute Gasteiger partial charge is 0.258 e. The third-order valence-electron chi connectivity index (χ3n) is 5.99. The zero-order valence-corrected chi connectivity index (χ0v) is 22.9. The molecule has 198 valence electrons. The highest BCUT2D eigenvalue weighted by molar-refractivity contribution is 7.18. The van der Waals surface area contributed by atoms with Crippen LogP contribution in [-0.2, 0) is 11.3 Å². The van der Waals surface area contributed by atoms with E-state index < -0.39 is 5.91 Å². The van der Waals surface area contributed by atoms with E-state index in [4.69, 9.17) is 37.4 Å². The van der Waals surface area contributed by atoms with Gasteiger partial charge < -0.3 is 24.8 Å². The van der Waals surface area contributed by atoms with Crippen LogP contribution in [0.25, 0.3) is 10.2 Å². The summed E-state index contributed by atoms with van der Waals surface area (Å²) in [5.74, 6) is 1.38. The molecule has 0 radical (unpaired) electrons. The average molecular weight is 575 g/mol. The molecule has 4 heterocycles. The van der Waals surface area contributed by atoms with E-state index in [0.29, 0.717) is 38.9 Å². The number of ether oxygens (including phenoxy) is 3. The van der Waals surface area contributed by atoms with Crippen molar-refractivity contribution < 1.29 is 19.0 Å². The Morgan fingerprint density at radius 1 is 1.11 bits per heavy atom. The van der Waals surface area contributed by atoms with Crippen molar-refractivity contribution in [1.82, 2.24) is 19.9 Å². The van der Waals surface area contributed by atoms with Gasteiger partial charge in [0.15, 0.2) is 5.82 Å². The van der Waals surface area contributed by atoms with Crippen molar-refractivity contribution in [3.63, 3.8) is 0 Å². The molecule has 1 saturated heterocycles. The van der Waals surface area contributed by atoms with Crippen LogP contribution in [0.3, 0.4) is 0 Å². The lowest BCUT2D eigenvalue weighted by Crippen LogP contribution is -2.35. The van der Waals surface area contributed by atoms with Gasteiger partial charge in [0.05, 0.1) is 48.9 Å². The van der Waals surface area contributed by atoms with Crippen molar-refractivity contribution in [2.45, 2.75) is 6.54 Å². The maximum Gasteiger partial charge on any atom is 0.258 e. The molecule has 3 aromatic heterocycles. The van der Waals surface area contributed by atoms with Crippen LogP contribution >= 0.6 is 34.5 Å². The number of hydrogen-bond donors (Lipinski definition) is 2. The highest BCUT2D eigenvalue weighted by Crippen LogP contribution is 2.44. The van der Waals surface area contributed by atoms with E-state index in [9.17, 15) is 4.79 Å². The predicted molar refractivity (Wildman–Crippen MR) is 149 cm³/mol. The number of morpholine rings is 1. The molecule has 0 saturated carbocycles. The Kier molecular flexibility index (Phi) is 8.10. The van der Waals surface area contributed by atoms with Crippen LogP contribution in [0.2, 0.25) is 10.0 Å². The number of hydrogen-bond acceptors (Lipinski definition) is 10. The number of methoxy groups -OCH3 is 2. The van der Waals surface area contributed by atoms with Crippen LogP contribution in [0.5, 0.6) is 11.5 Å². The van der Waals surface area contributed by atoms with Crippen molar-refractivity contribution in [3.05, 3.63) is 57.3 Å². The number of nitrogens with one attached hydrogen (secondary N) is 2. The molecule has 5 rings (SSSR count). The summed E-state index contributed by atoms with van der Waals surface area (Å²) in [5.41, 5.74) is 2.13. The summed E-state index contributed by atoms with van der Waals surface area (Å²) in [7, 11) is 2.93. The SMILES string of the molecule is COc1cc(OC)c(Cl)c(NC(=O)c2csc3c(Nc4ccc(CN5CCOCC5)cn4)ncnc23)c1Cl. The lowest BCUT2D eigenvalue weighted by molar-refractivity contribution is 0.0341. The van der Waals surface area contributed by atoms with E-state index in [2.05, 4.69) is 30.5 Å². The Balaban J connectivity index is 1.35. The third kappa shape index (κ3) is 5.47. The van der Waals surface area contributed by atoms with Gasteiger partial charge >= 0.3 is 0 Å². The van der Waals surface area contributed by atoms with Crippen LogP contribution < -0.4 is 20.1 Å². The van der Waals surface area contributed by atoms with E-state index in [-0.39, 0.29) is 15.7 Å². The molecular formula is C25H24Cl2N6O4S. The minimum Gasteiger partial charge on any atom is -0.495 e. The van der Waals surface area contributed by atoms with Crippen LogP contribution in [0, 0.1) is 0 Å². The first kappa shape index (κ1) is 26.4. The maximum absolute atomic E-state index is 13.3. The molecule has 10 nitrogen and oxygen atoms in total. The van der Waals surface area contributed by atoms with E-state index in [1.807, 2.05) is 18.3 Å². The summed E-state index contributed by atoms with van der Waals surface area (Å²) >= 11 is 14.2. The molecule has 0 aliphatic carbocycles. The van der Waals surface area contributed by atoms with Crippen molar-refractivity contribution in [3.8, 4) is 11.5 Å². The lowest BCUT2D eigenvalue weighted by Gasteiger charge is -2.26. The molecule has 1 fully saturated rings. The highest BCUT2D eigenvalue weighted by atomic mass is 35.5. The predicted octanol–water partition coefficient (Wildman–Crippen LogP) is 5.24. The number of carbonyl (C=O) groups excluding carboxylic acids is 1. The third-order valence-corrected chi connectivity index (χ3v) is 7.72. The van der Waals surface area contributed by atoms with Gasteiger partial charge in [0.25, 0.3) is 5.91 Å². The Labute approximate surface area is 232 Å². The largest absolute Gasteiger partial charge is 0.495 e. The number of halogens is 2. The summed E-state index contributed by atoms with van der Waals surface area (Å²) in [6.07, 6.45) is 3.24. The second-order valence-electron chi connectivity index (χ2n) is 8.35. The Morgan fingerprint density at radius 2 is 1.84 bits per heavy atom. The van der Waals surface area contributed by atoms with Crippen LogP contribution in [0.4, 0.5) is 17.3 Å². The van der Waals surface area contributed by atoms with Gasteiger partial charge in [0.1, 0.15) is 33.7 Å². The molecule has 2 N–H and O–H groups in total. The molecule has 38 heavy (non-hydrogen) atoms. The number of nitrogens with zero attached hydrogens (tertiary/aromatic N) is 4. The molecule has 1 aromatic carbocycles. The summed E-state index contributed by atoms with van der Waals surface area (Å²) in [6.45, 7) is 4.16. The monoisotopic (exact) mass is 574 g/mol. The van der Waals surface area contributed by atoms with Crippen molar-refractivity contribution in [2.24, 2.45) is 0 Å². The van der Waals surface area contributed by atoms with Gasteiger partial charge in [-0.25, -0.2) is 15.0 Å². The van der Waals surface area contributed by atoms with Crippen LogP contribution in [-0.4, -0.2) is 66.3 Å². The molecule has 0 bridgehead atoms. The van der Waals surface area contributed by atoms with E-state index in [1.165, 1.54) is 31.9 Å².